The van der Waals surface area contributed by atoms with Crippen molar-refractivity contribution >= 4 is 18.2 Å². The predicted octanol–water partition coefficient (Wildman–Crippen LogP) is 5.38. The molecule has 0 aromatic rings. The normalized spacial score (nSPS) is 13.1. The number of hydrogen-bond donors (Lipinski definition) is 2. The van der Waals surface area contributed by atoms with Crippen LogP contribution >= 0.6 is 11.8 Å². The van der Waals surface area contributed by atoms with Gasteiger partial charge in [0.1, 0.15) is 0 Å². The maximum absolute atomic E-state index is 10.3. The quantitative estimate of drug-likeness (QED) is 0.228. The average molecular weight is 379 g/mol. The van der Waals surface area contributed by atoms with Crippen molar-refractivity contribution in [2.24, 2.45) is 0 Å². The molecule has 1 amide bonds. The molecule has 0 aromatic carbocycles. The van der Waals surface area contributed by atoms with E-state index in [9.17, 15) is 4.79 Å². The summed E-state index contributed by atoms with van der Waals surface area (Å²) in [4.78, 5) is 10.3. The third kappa shape index (κ3) is 16.1. The van der Waals surface area contributed by atoms with Crippen LogP contribution in [0, 0.1) is 0 Å². The van der Waals surface area contributed by atoms with Gasteiger partial charge >= 0.3 is 0 Å². The Bertz CT molecular complexity index is 502. The Hall–Kier alpha value is -1.42. The van der Waals surface area contributed by atoms with E-state index in [1.54, 1.807) is 0 Å². The van der Waals surface area contributed by atoms with Crippen molar-refractivity contribution < 1.29 is 4.79 Å². The van der Waals surface area contributed by atoms with E-state index >= 15 is 0 Å². The molecule has 0 radical (unpaired) electrons. The molecule has 2 N–H and O–H groups in total. The second-order valence-electron chi connectivity index (χ2n) is 7.14. The molecular formula is C22H38N2OS. The van der Waals surface area contributed by atoms with Crippen LogP contribution in [0.15, 0.2) is 47.2 Å². The summed E-state index contributed by atoms with van der Waals surface area (Å²) in [5.74, 6) is 2.06. The predicted molar refractivity (Wildman–Crippen MR) is 119 cm³/mol. The van der Waals surface area contributed by atoms with Crippen molar-refractivity contribution in [3.8, 4) is 0 Å². The molecule has 0 aliphatic rings. The van der Waals surface area contributed by atoms with Gasteiger partial charge in [-0.25, -0.2) is 0 Å². The lowest BCUT2D eigenvalue weighted by Gasteiger charge is -2.16. The molecular weight excluding hydrogens is 340 g/mol. The molecule has 0 aromatic heterocycles. The van der Waals surface area contributed by atoms with Gasteiger partial charge in [0.2, 0.25) is 6.41 Å². The highest BCUT2D eigenvalue weighted by molar-refractivity contribution is 7.99. The number of allylic oxidation sites excluding steroid dienone is 5. The number of hydrogen-bond acceptors (Lipinski definition) is 3. The molecule has 4 heteroatoms. The lowest BCUT2D eigenvalue weighted by molar-refractivity contribution is -0.109. The maximum Gasteiger partial charge on any atom is 0.207 e. The molecule has 3 nitrogen and oxygen atoms in total. The molecule has 0 saturated heterocycles. The van der Waals surface area contributed by atoms with E-state index in [0.29, 0.717) is 19.0 Å². The smallest absolute Gasteiger partial charge is 0.207 e. The van der Waals surface area contributed by atoms with Gasteiger partial charge in [-0.15, -0.1) is 0 Å². The number of rotatable bonds is 15. The second-order valence-corrected chi connectivity index (χ2v) is 8.22. The van der Waals surface area contributed by atoms with E-state index in [0.717, 1.165) is 36.5 Å². The molecule has 0 heterocycles. The lowest BCUT2D eigenvalue weighted by Crippen LogP contribution is -2.32. The monoisotopic (exact) mass is 378 g/mol. The molecule has 1 atom stereocenters. The summed E-state index contributed by atoms with van der Waals surface area (Å²) in [6.07, 6.45) is 12.3. The first-order valence-corrected chi connectivity index (χ1v) is 10.6. The summed E-state index contributed by atoms with van der Waals surface area (Å²) in [6.45, 7) is 15.3. The Morgan fingerprint density at radius 3 is 2.27 bits per heavy atom. The Kier molecular flexibility index (Phi) is 14.9. The Balaban J connectivity index is 3.88. The van der Waals surface area contributed by atoms with Crippen LogP contribution in [-0.4, -0.2) is 30.5 Å². The van der Waals surface area contributed by atoms with Gasteiger partial charge in [-0.3, -0.25) is 4.79 Å². The minimum Gasteiger partial charge on any atom is -0.384 e. The summed E-state index contributed by atoms with van der Waals surface area (Å²) in [5.41, 5.74) is 5.21. The third-order valence-electron chi connectivity index (χ3n) is 3.89. The SMILES string of the molecule is C=C(CNC=O)NC(C)CSC/C=C(\C)CC/C=C(\C)CCC=C(C)C. The van der Waals surface area contributed by atoms with Crippen LogP contribution in [0.5, 0.6) is 0 Å². The molecule has 0 aliphatic carbocycles. The first kappa shape index (κ1) is 24.6. The maximum atomic E-state index is 10.3. The summed E-state index contributed by atoms with van der Waals surface area (Å²) in [6, 6.07) is 0.348. The summed E-state index contributed by atoms with van der Waals surface area (Å²) in [5, 5.41) is 5.92. The standard InChI is InChI=1S/C22H38N2OS/c1-18(2)9-7-10-19(3)11-8-12-20(4)13-14-26-16-22(6)24-21(5)15-23-17-25/h9,11,13,17,22,24H,5,7-8,10,12,14-16H2,1-4,6H3,(H,23,25)/b19-11+,20-13+. The molecule has 0 spiro atoms. The van der Waals surface area contributed by atoms with E-state index in [-0.39, 0.29) is 0 Å². The minimum absolute atomic E-state index is 0.348. The largest absolute Gasteiger partial charge is 0.384 e. The molecule has 0 saturated carbocycles. The van der Waals surface area contributed by atoms with Gasteiger partial charge in [0.05, 0.1) is 6.54 Å². The highest BCUT2D eigenvalue weighted by atomic mass is 32.2. The Morgan fingerprint density at radius 1 is 1.04 bits per heavy atom. The van der Waals surface area contributed by atoms with Crippen LogP contribution in [0.25, 0.3) is 0 Å². The Morgan fingerprint density at radius 2 is 1.65 bits per heavy atom. The zero-order valence-electron chi connectivity index (χ0n) is 17.4. The van der Waals surface area contributed by atoms with Crippen molar-refractivity contribution in [1.82, 2.24) is 10.6 Å². The third-order valence-corrected chi connectivity index (χ3v) is 5.03. The fourth-order valence-corrected chi connectivity index (χ4v) is 3.37. The van der Waals surface area contributed by atoms with E-state index in [1.807, 2.05) is 11.8 Å². The molecule has 26 heavy (non-hydrogen) atoms. The van der Waals surface area contributed by atoms with Gasteiger partial charge in [-0.1, -0.05) is 41.5 Å². The average Bonchev–Trinajstić information content (AvgIpc) is 2.56. The van der Waals surface area contributed by atoms with Crippen LogP contribution in [0.3, 0.4) is 0 Å². The highest BCUT2D eigenvalue weighted by Crippen LogP contribution is 2.13. The van der Waals surface area contributed by atoms with Crippen molar-refractivity contribution in [1.29, 1.82) is 0 Å². The van der Waals surface area contributed by atoms with Crippen LogP contribution in [0.1, 0.15) is 60.3 Å². The fourth-order valence-electron chi connectivity index (χ4n) is 2.39. The van der Waals surface area contributed by atoms with Gasteiger partial charge in [0.25, 0.3) is 0 Å². The molecule has 148 valence electrons. The van der Waals surface area contributed by atoms with E-state index in [2.05, 4.69) is 70.1 Å². The van der Waals surface area contributed by atoms with Gasteiger partial charge in [-0.05, 0) is 60.3 Å². The van der Waals surface area contributed by atoms with Crippen LogP contribution in [-0.2, 0) is 4.79 Å². The van der Waals surface area contributed by atoms with Crippen LogP contribution < -0.4 is 10.6 Å². The number of carbonyl (C=O) groups excluding carboxylic acids is 1. The molecule has 1 unspecified atom stereocenters. The summed E-state index contributed by atoms with van der Waals surface area (Å²) >= 11 is 1.92. The fraction of sp³-hybridized carbons (Fsp3) is 0.591. The van der Waals surface area contributed by atoms with Crippen LogP contribution in [0.4, 0.5) is 0 Å². The van der Waals surface area contributed by atoms with Gasteiger partial charge < -0.3 is 10.6 Å². The number of carbonyl (C=O) groups is 1. The van der Waals surface area contributed by atoms with Crippen molar-refractivity contribution in [3.05, 3.63) is 47.2 Å². The number of nitrogens with one attached hydrogen (secondary N) is 2. The summed E-state index contributed by atoms with van der Waals surface area (Å²) < 4.78 is 0. The minimum atomic E-state index is 0.348. The van der Waals surface area contributed by atoms with Gasteiger partial charge in [0, 0.05) is 23.2 Å². The van der Waals surface area contributed by atoms with E-state index in [1.165, 1.54) is 23.1 Å². The van der Waals surface area contributed by atoms with Crippen molar-refractivity contribution in [2.45, 2.75) is 66.3 Å². The highest BCUT2D eigenvalue weighted by Gasteiger charge is 2.02. The molecule has 0 bridgehead atoms. The first-order chi connectivity index (χ1) is 12.3. The van der Waals surface area contributed by atoms with Crippen molar-refractivity contribution in [2.75, 3.05) is 18.1 Å². The van der Waals surface area contributed by atoms with Crippen molar-refractivity contribution in [3.63, 3.8) is 0 Å². The first-order valence-electron chi connectivity index (χ1n) is 9.48. The number of amides is 1. The molecule has 0 aliphatic heterocycles. The zero-order chi connectivity index (χ0) is 19.8. The molecule has 0 fully saturated rings. The Labute approximate surface area is 165 Å². The van der Waals surface area contributed by atoms with E-state index < -0.39 is 0 Å². The lowest BCUT2D eigenvalue weighted by atomic mass is 10.1. The zero-order valence-corrected chi connectivity index (χ0v) is 18.2. The topological polar surface area (TPSA) is 41.1 Å². The van der Waals surface area contributed by atoms with Gasteiger partial charge in [-0.2, -0.15) is 11.8 Å². The van der Waals surface area contributed by atoms with E-state index in [4.69, 9.17) is 0 Å². The second kappa shape index (κ2) is 15.8. The van der Waals surface area contributed by atoms with Gasteiger partial charge in [0.15, 0.2) is 0 Å². The molecule has 0 rings (SSSR count). The van der Waals surface area contributed by atoms with Crippen LogP contribution in [0.2, 0.25) is 0 Å². The number of thioether (sulfide) groups is 1. The summed E-state index contributed by atoms with van der Waals surface area (Å²) in [7, 11) is 0.